The third-order valence-electron chi connectivity index (χ3n) is 1.77. The van der Waals surface area contributed by atoms with E-state index in [1.807, 2.05) is 13.8 Å². The van der Waals surface area contributed by atoms with Crippen molar-refractivity contribution in [3.05, 3.63) is 23.8 Å². The molecule has 0 saturated carbocycles. The molecular weight excluding hydrogens is 296 g/mol. The summed E-state index contributed by atoms with van der Waals surface area (Å²) in [5.74, 6) is 0. The van der Waals surface area contributed by atoms with Gasteiger partial charge in [0.05, 0.1) is 0 Å². The maximum absolute atomic E-state index is 10.2. The van der Waals surface area contributed by atoms with Gasteiger partial charge in [0, 0.05) is 9.65 Å². The molecule has 0 unspecified atom stereocenters. The van der Waals surface area contributed by atoms with Crippen LogP contribution in [0.5, 0.6) is 0 Å². The summed E-state index contributed by atoms with van der Waals surface area (Å²) in [7, 11) is 0. The number of allylic oxidation sites excluding steroid dienone is 3. The molecule has 0 aliphatic heterocycles. The van der Waals surface area contributed by atoms with E-state index in [1.165, 1.54) is 0 Å². The van der Waals surface area contributed by atoms with E-state index in [9.17, 15) is 4.79 Å². The molecule has 0 aliphatic rings. The summed E-state index contributed by atoms with van der Waals surface area (Å²) >= 11 is 7.03. The third kappa shape index (κ3) is 5.42. The summed E-state index contributed by atoms with van der Waals surface area (Å²) in [4.78, 5) is 10.7. The molecule has 0 aromatic carbocycles. The van der Waals surface area contributed by atoms with Crippen molar-refractivity contribution in [2.24, 2.45) is 0 Å². The Hall–Kier alpha value is 0.110. The number of carbonyl (C=O) groups is 1. The van der Waals surface area contributed by atoms with Gasteiger partial charge in [-0.2, -0.15) is 0 Å². The fourth-order valence-corrected chi connectivity index (χ4v) is 2.18. The lowest BCUT2D eigenvalue weighted by Crippen LogP contribution is -2.09. The standard InChI is InChI=1S/C10H14Br2O/c1-7(2)9(11)6-10(12)8(3)4-5-13/h4-5,9-10H,1,6H2,2-3H3/b8-4+/t9-,10+/m0/s1. The minimum Gasteiger partial charge on any atom is -0.299 e. The molecule has 0 amide bonds. The maximum atomic E-state index is 10.2. The van der Waals surface area contributed by atoms with Gasteiger partial charge in [-0.05, 0) is 26.3 Å². The van der Waals surface area contributed by atoms with Crippen molar-refractivity contribution in [1.82, 2.24) is 0 Å². The van der Waals surface area contributed by atoms with Gasteiger partial charge in [-0.25, -0.2) is 0 Å². The Bertz CT molecular complexity index is 221. The van der Waals surface area contributed by atoms with Crippen molar-refractivity contribution in [3.63, 3.8) is 0 Å². The number of carbonyl (C=O) groups excluding carboxylic acids is 1. The Morgan fingerprint density at radius 1 is 1.38 bits per heavy atom. The summed E-state index contributed by atoms with van der Waals surface area (Å²) in [5.41, 5.74) is 2.14. The lowest BCUT2D eigenvalue weighted by Gasteiger charge is -2.14. The molecule has 0 N–H and O–H groups in total. The molecule has 3 heteroatoms. The summed E-state index contributed by atoms with van der Waals surface area (Å²) in [5, 5.41) is 0. The van der Waals surface area contributed by atoms with Gasteiger partial charge < -0.3 is 0 Å². The highest BCUT2D eigenvalue weighted by Gasteiger charge is 2.12. The van der Waals surface area contributed by atoms with Crippen LogP contribution in [0.3, 0.4) is 0 Å². The Kier molecular flexibility index (Phi) is 6.60. The summed E-state index contributed by atoms with van der Waals surface area (Å²) < 4.78 is 0. The molecule has 0 bridgehead atoms. The van der Waals surface area contributed by atoms with Crippen LogP contribution in [0.15, 0.2) is 23.8 Å². The van der Waals surface area contributed by atoms with Gasteiger partial charge in [-0.1, -0.05) is 49.6 Å². The van der Waals surface area contributed by atoms with Gasteiger partial charge in [-0.15, -0.1) is 0 Å². The second kappa shape index (κ2) is 6.55. The fourth-order valence-electron chi connectivity index (χ4n) is 0.780. The highest BCUT2D eigenvalue weighted by molar-refractivity contribution is 9.10. The van der Waals surface area contributed by atoms with E-state index in [1.54, 1.807) is 6.08 Å². The van der Waals surface area contributed by atoms with Crippen LogP contribution >= 0.6 is 31.9 Å². The lowest BCUT2D eigenvalue weighted by atomic mass is 10.1. The van der Waals surface area contributed by atoms with Crippen LogP contribution in [0, 0.1) is 0 Å². The summed E-state index contributed by atoms with van der Waals surface area (Å²) in [6.07, 6.45) is 3.30. The molecule has 0 spiro atoms. The number of hydrogen-bond acceptors (Lipinski definition) is 1. The zero-order chi connectivity index (χ0) is 10.4. The minimum absolute atomic E-state index is 0.235. The predicted molar refractivity (Wildman–Crippen MR) is 64.7 cm³/mol. The van der Waals surface area contributed by atoms with Gasteiger partial charge in [0.2, 0.25) is 0 Å². The Morgan fingerprint density at radius 2 is 1.92 bits per heavy atom. The average molecular weight is 310 g/mol. The number of rotatable bonds is 5. The van der Waals surface area contributed by atoms with Crippen LogP contribution in [-0.2, 0) is 4.79 Å². The molecule has 0 aromatic heterocycles. The number of aldehydes is 1. The Morgan fingerprint density at radius 3 is 2.31 bits per heavy atom. The average Bonchev–Trinajstić information content (AvgIpc) is 2.04. The van der Waals surface area contributed by atoms with Gasteiger partial charge in [0.25, 0.3) is 0 Å². The molecule has 13 heavy (non-hydrogen) atoms. The fraction of sp³-hybridized carbons (Fsp3) is 0.500. The lowest BCUT2D eigenvalue weighted by molar-refractivity contribution is -0.104. The smallest absolute Gasteiger partial charge is 0.142 e. The molecule has 0 fully saturated rings. The van der Waals surface area contributed by atoms with E-state index in [4.69, 9.17) is 0 Å². The second-order valence-electron chi connectivity index (χ2n) is 3.06. The van der Waals surface area contributed by atoms with E-state index in [2.05, 4.69) is 38.4 Å². The van der Waals surface area contributed by atoms with E-state index >= 15 is 0 Å². The zero-order valence-electron chi connectivity index (χ0n) is 7.89. The van der Waals surface area contributed by atoms with E-state index in [0.29, 0.717) is 4.83 Å². The largest absolute Gasteiger partial charge is 0.299 e. The van der Waals surface area contributed by atoms with Crippen LogP contribution in [0.4, 0.5) is 0 Å². The van der Waals surface area contributed by atoms with Crippen molar-refractivity contribution in [1.29, 1.82) is 0 Å². The van der Waals surface area contributed by atoms with Crippen LogP contribution < -0.4 is 0 Å². The molecule has 0 saturated heterocycles. The second-order valence-corrected chi connectivity index (χ2v) is 5.27. The predicted octanol–water partition coefficient (Wildman–Crippen LogP) is 3.62. The molecule has 0 aromatic rings. The molecule has 0 aliphatic carbocycles. The van der Waals surface area contributed by atoms with Crippen LogP contribution in [0.1, 0.15) is 20.3 Å². The zero-order valence-corrected chi connectivity index (χ0v) is 11.1. The first-order valence-corrected chi connectivity index (χ1v) is 5.87. The minimum atomic E-state index is 0.235. The van der Waals surface area contributed by atoms with Crippen molar-refractivity contribution in [2.45, 2.75) is 29.9 Å². The summed E-state index contributed by atoms with van der Waals surface area (Å²) in [6, 6.07) is 0. The molecule has 0 heterocycles. The van der Waals surface area contributed by atoms with Crippen LogP contribution in [0.2, 0.25) is 0 Å². The van der Waals surface area contributed by atoms with Crippen molar-refractivity contribution in [2.75, 3.05) is 0 Å². The molecule has 74 valence electrons. The molecule has 0 radical (unpaired) electrons. The van der Waals surface area contributed by atoms with Gasteiger partial charge in [0.1, 0.15) is 6.29 Å². The molecule has 0 rings (SSSR count). The molecular formula is C10H14Br2O. The highest BCUT2D eigenvalue weighted by Crippen LogP contribution is 2.24. The van der Waals surface area contributed by atoms with Gasteiger partial charge in [0.15, 0.2) is 0 Å². The number of halogens is 2. The van der Waals surface area contributed by atoms with Crippen molar-refractivity contribution < 1.29 is 4.79 Å². The first-order valence-electron chi connectivity index (χ1n) is 4.04. The topological polar surface area (TPSA) is 17.1 Å². The van der Waals surface area contributed by atoms with Gasteiger partial charge in [-0.3, -0.25) is 4.79 Å². The normalized spacial score (nSPS) is 16.5. The highest BCUT2D eigenvalue weighted by atomic mass is 79.9. The van der Waals surface area contributed by atoms with Crippen molar-refractivity contribution >= 4 is 38.1 Å². The van der Waals surface area contributed by atoms with Gasteiger partial charge >= 0.3 is 0 Å². The van der Waals surface area contributed by atoms with E-state index < -0.39 is 0 Å². The number of alkyl halides is 2. The quantitative estimate of drug-likeness (QED) is 0.328. The summed E-state index contributed by atoms with van der Waals surface area (Å²) in [6.45, 7) is 7.78. The van der Waals surface area contributed by atoms with E-state index in [0.717, 1.165) is 23.9 Å². The monoisotopic (exact) mass is 308 g/mol. The Balaban J connectivity index is 4.14. The SMILES string of the molecule is C=C(C)[C@@H](Br)C[C@@H](Br)/C(C)=C/C=O. The third-order valence-corrected chi connectivity index (χ3v) is 4.03. The van der Waals surface area contributed by atoms with Crippen LogP contribution in [-0.4, -0.2) is 15.9 Å². The van der Waals surface area contributed by atoms with Crippen LogP contribution in [0.25, 0.3) is 0 Å². The first-order chi connectivity index (χ1) is 5.99. The first kappa shape index (κ1) is 13.1. The molecule has 2 atom stereocenters. The maximum Gasteiger partial charge on any atom is 0.142 e. The Labute approximate surface area is 96.5 Å². The molecule has 1 nitrogen and oxygen atoms in total. The van der Waals surface area contributed by atoms with E-state index in [-0.39, 0.29) is 4.83 Å². The van der Waals surface area contributed by atoms with Crippen molar-refractivity contribution in [3.8, 4) is 0 Å². The number of hydrogen-bond donors (Lipinski definition) is 0.